The Bertz CT molecular complexity index is 987. The zero-order valence-electron chi connectivity index (χ0n) is 17.9. The van der Waals surface area contributed by atoms with Crippen molar-refractivity contribution in [2.45, 2.75) is 32.1 Å². The molecule has 0 atom stereocenters. The largest absolute Gasteiger partial charge is 0.396 e. The molecular formula is C28H30BrNO. The minimum absolute atomic E-state index is 0.192. The fourth-order valence-corrected chi connectivity index (χ4v) is 4.70. The average Bonchev–Trinajstić information content (AvgIpc) is 2.84. The van der Waals surface area contributed by atoms with Gasteiger partial charge in [-0.2, -0.15) is 0 Å². The van der Waals surface area contributed by atoms with Gasteiger partial charge in [0.2, 0.25) is 0 Å². The lowest BCUT2D eigenvalue weighted by Gasteiger charge is -2.29. The Morgan fingerprint density at radius 3 is 1.97 bits per heavy atom. The van der Waals surface area contributed by atoms with Gasteiger partial charge in [0.15, 0.2) is 0 Å². The van der Waals surface area contributed by atoms with Crippen LogP contribution < -0.4 is 4.90 Å². The highest BCUT2D eigenvalue weighted by Crippen LogP contribution is 2.36. The van der Waals surface area contributed by atoms with Gasteiger partial charge in [0, 0.05) is 29.9 Å². The van der Waals surface area contributed by atoms with Crippen LogP contribution in [0.15, 0.2) is 83.3 Å². The predicted molar refractivity (Wildman–Crippen MR) is 135 cm³/mol. The monoisotopic (exact) mass is 475 g/mol. The van der Waals surface area contributed by atoms with Crippen molar-refractivity contribution < 1.29 is 5.11 Å². The first-order chi connectivity index (χ1) is 15.3. The van der Waals surface area contributed by atoms with Crippen LogP contribution in [0.5, 0.6) is 0 Å². The van der Waals surface area contributed by atoms with E-state index in [9.17, 15) is 5.11 Å². The summed E-state index contributed by atoms with van der Waals surface area (Å²) in [4.78, 5) is 2.50. The molecule has 3 aromatic carbocycles. The highest BCUT2D eigenvalue weighted by molar-refractivity contribution is 9.10. The van der Waals surface area contributed by atoms with Crippen molar-refractivity contribution in [2.24, 2.45) is 0 Å². The average molecular weight is 476 g/mol. The normalized spacial score (nSPS) is 15.0. The maximum absolute atomic E-state index is 9.57. The fourth-order valence-electron chi connectivity index (χ4n) is 4.43. The van der Waals surface area contributed by atoms with Crippen molar-refractivity contribution in [3.05, 3.63) is 100 Å². The van der Waals surface area contributed by atoms with Gasteiger partial charge in [0.25, 0.3) is 0 Å². The van der Waals surface area contributed by atoms with Gasteiger partial charge in [-0.05, 0) is 84.2 Å². The number of aliphatic hydroxyl groups excluding tert-OH is 1. The Kier molecular flexibility index (Phi) is 7.61. The first-order valence-electron chi connectivity index (χ1n) is 11.3. The Balaban J connectivity index is 1.81. The molecule has 1 aliphatic rings. The number of nitrogens with zero attached hydrogens (tertiary/aromatic N) is 1. The number of rotatable bonds is 7. The lowest BCUT2D eigenvalue weighted by atomic mass is 9.87. The first-order valence-corrected chi connectivity index (χ1v) is 12.1. The molecule has 0 amide bonds. The third-order valence-electron chi connectivity index (χ3n) is 6.02. The number of piperidine rings is 1. The molecule has 0 aromatic heterocycles. The number of benzene rings is 3. The van der Waals surface area contributed by atoms with E-state index in [-0.39, 0.29) is 6.61 Å². The molecule has 1 aliphatic heterocycles. The molecule has 1 N–H and O–H groups in total. The maximum Gasteiger partial charge on any atom is 0.0434 e. The molecular weight excluding hydrogens is 446 g/mol. The van der Waals surface area contributed by atoms with E-state index in [0.29, 0.717) is 0 Å². The molecule has 1 fully saturated rings. The minimum Gasteiger partial charge on any atom is -0.396 e. The number of aliphatic hydroxyl groups is 1. The molecule has 160 valence electrons. The van der Waals surface area contributed by atoms with Crippen LogP contribution in [-0.2, 0) is 0 Å². The Hall–Kier alpha value is -2.36. The van der Waals surface area contributed by atoms with E-state index in [2.05, 4.69) is 99.7 Å². The first kappa shape index (κ1) is 21.9. The maximum atomic E-state index is 9.57. The third-order valence-corrected chi connectivity index (χ3v) is 6.55. The topological polar surface area (TPSA) is 23.5 Å². The molecule has 4 rings (SSSR count). The lowest BCUT2D eigenvalue weighted by molar-refractivity contribution is 0.290. The van der Waals surface area contributed by atoms with Crippen LogP contribution in [0.2, 0.25) is 0 Å². The van der Waals surface area contributed by atoms with E-state index in [4.69, 9.17) is 0 Å². The Morgan fingerprint density at radius 1 is 0.742 bits per heavy atom. The molecule has 2 nitrogen and oxygen atoms in total. The van der Waals surface area contributed by atoms with Gasteiger partial charge in [-0.3, -0.25) is 0 Å². The molecule has 0 spiro atoms. The smallest absolute Gasteiger partial charge is 0.0434 e. The summed E-state index contributed by atoms with van der Waals surface area (Å²) >= 11 is 3.57. The number of anilines is 1. The second-order valence-electron chi connectivity index (χ2n) is 8.15. The van der Waals surface area contributed by atoms with Crippen molar-refractivity contribution in [3.8, 4) is 0 Å². The van der Waals surface area contributed by atoms with E-state index in [1.54, 1.807) is 0 Å². The summed E-state index contributed by atoms with van der Waals surface area (Å²) in [6.45, 7) is 2.50. The van der Waals surface area contributed by atoms with E-state index in [1.165, 1.54) is 52.8 Å². The quantitative estimate of drug-likeness (QED) is 0.366. The van der Waals surface area contributed by atoms with Gasteiger partial charge < -0.3 is 10.0 Å². The Morgan fingerprint density at radius 2 is 1.35 bits per heavy atom. The SMILES string of the molecule is OCCC/C(=C(\c1ccc(Br)cc1)c1ccc(N2CCCCC2)cc1)c1ccccc1. The van der Waals surface area contributed by atoms with Gasteiger partial charge in [-0.1, -0.05) is 70.5 Å². The van der Waals surface area contributed by atoms with Crippen LogP contribution in [0.25, 0.3) is 11.1 Å². The summed E-state index contributed by atoms with van der Waals surface area (Å²) in [6.07, 6.45) is 5.49. The van der Waals surface area contributed by atoms with Crippen molar-refractivity contribution in [1.82, 2.24) is 0 Å². The van der Waals surface area contributed by atoms with Gasteiger partial charge in [-0.25, -0.2) is 0 Å². The van der Waals surface area contributed by atoms with Crippen LogP contribution >= 0.6 is 15.9 Å². The van der Waals surface area contributed by atoms with Crippen molar-refractivity contribution in [3.63, 3.8) is 0 Å². The fraction of sp³-hybridized carbons (Fsp3) is 0.286. The highest BCUT2D eigenvalue weighted by Gasteiger charge is 2.16. The van der Waals surface area contributed by atoms with Gasteiger partial charge in [0.05, 0.1) is 0 Å². The second-order valence-corrected chi connectivity index (χ2v) is 9.06. The number of allylic oxidation sites excluding steroid dienone is 1. The standard InChI is InChI=1S/C28H30BrNO/c29-25-15-11-23(12-16-25)28(27(10-7-21-31)22-8-3-1-4-9-22)24-13-17-26(18-14-24)30-19-5-2-6-20-30/h1,3-4,8-9,11-18,31H,2,5-7,10,19-21H2/b28-27-. The van der Waals surface area contributed by atoms with Gasteiger partial charge in [-0.15, -0.1) is 0 Å². The number of halogens is 1. The molecule has 3 aromatic rings. The summed E-state index contributed by atoms with van der Waals surface area (Å²) in [7, 11) is 0. The summed E-state index contributed by atoms with van der Waals surface area (Å²) in [6, 6.07) is 28.2. The molecule has 31 heavy (non-hydrogen) atoms. The third kappa shape index (κ3) is 5.47. The minimum atomic E-state index is 0.192. The zero-order valence-corrected chi connectivity index (χ0v) is 19.5. The molecule has 0 bridgehead atoms. The van der Waals surface area contributed by atoms with Gasteiger partial charge in [0.1, 0.15) is 0 Å². The lowest BCUT2D eigenvalue weighted by Crippen LogP contribution is -2.29. The van der Waals surface area contributed by atoms with Crippen molar-refractivity contribution >= 4 is 32.8 Å². The van der Waals surface area contributed by atoms with Gasteiger partial charge >= 0.3 is 0 Å². The Labute approximate surface area is 194 Å². The molecule has 3 heteroatoms. The van der Waals surface area contributed by atoms with Crippen molar-refractivity contribution in [2.75, 3.05) is 24.6 Å². The second kappa shape index (κ2) is 10.8. The number of hydrogen-bond donors (Lipinski definition) is 1. The van der Waals surface area contributed by atoms with E-state index >= 15 is 0 Å². The van der Waals surface area contributed by atoms with Crippen LogP contribution in [0.4, 0.5) is 5.69 Å². The predicted octanol–water partition coefficient (Wildman–Crippen LogP) is 7.17. The molecule has 0 radical (unpaired) electrons. The van der Waals surface area contributed by atoms with E-state index < -0.39 is 0 Å². The number of hydrogen-bond acceptors (Lipinski definition) is 2. The summed E-state index contributed by atoms with van der Waals surface area (Å²) < 4.78 is 1.08. The van der Waals surface area contributed by atoms with Crippen LogP contribution in [0.1, 0.15) is 48.8 Å². The van der Waals surface area contributed by atoms with Crippen LogP contribution in [-0.4, -0.2) is 24.8 Å². The molecule has 1 saturated heterocycles. The van der Waals surface area contributed by atoms with Crippen molar-refractivity contribution in [1.29, 1.82) is 0 Å². The zero-order chi connectivity index (χ0) is 21.5. The van der Waals surface area contributed by atoms with E-state index in [0.717, 1.165) is 30.4 Å². The van der Waals surface area contributed by atoms with E-state index in [1.807, 2.05) is 0 Å². The summed E-state index contributed by atoms with van der Waals surface area (Å²) in [5.41, 5.74) is 7.48. The van der Waals surface area contributed by atoms with Crippen LogP contribution in [0.3, 0.4) is 0 Å². The molecule has 0 saturated carbocycles. The van der Waals surface area contributed by atoms with Crippen LogP contribution in [0, 0.1) is 0 Å². The molecule has 0 aliphatic carbocycles. The molecule has 0 unspecified atom stereocenters. The summed E-state index contributed by atoms with van der Waals surface area (Å²) in [5, 5.41) is 9.57. The highest BCUT2D eigenvalue weighted by atomic mass is 79.9. The summed E-state index contributed by atoms with van der Waals surface area (Å²) in [5.74, 6) is 0. The molecule has 1 heterocycles.